The smallest absolute Gasteiger partial charge is 0.259 e. The molecule has 2 N–H and O–H groups in total. The van der Waals surface area contributed by atoms with Crippen molar-refractivity contribution in [3.8, 4) is 0 Å². The second-order valence-corrected chi connectivity index (χ2v) is 9.23. The van der Waals surface area contributed by atoms with Crippen LogP contribution in [0.25, 0.3) is 0 Å². The first kappa shape index (κ1) is 22.6. The van der Waals surface area contributed by atoms with E-state index in [9.17, 15) is 14.4 Å². The maximum atomic E-state index is 13.2. The molecule has 0 fully saturated rings. The van der Waals surface area contributed by atoms with Gasteiger partial charge in [0.15, 0.2) is 0 Å². The van der Waals surface area contributed by atoms with Gasteiger partial charge >= 0.3 is 0 Å². The molecule has 0 spiro atoms. The van der Waals surface area contributed by atoms with Crippen LogP contribution in [0, 0.1) is 6.92 Å². The fraction of sp³-hybridized carbons (Fsp3) is 0.192. The predicted octanol–water partition coefficient (Wildman–Crippen LogP) is 4.88. The lowest BCUT2D eigenvalue weighted by molar-refractivity contribution is -0.115. The van der Waals surface area contributed by atoms with Crippen molar-refractivity contribution in [2.75, 3.05) is 16.8 Å². The van der Waals surface area contributed by atoms with E-state index >= 15 is 0 Å². The lowest BCUT2D eigenvalue weighted by Gasteiger charge is -2.27. The van der Waals surface area contributed by atoms with E-state index in [0.29, 0.717) is 16.8 Å². The zero-order valence-corrected chi connectivity index (χ0v) is 19.5. The molecule has 6 nitrogen and oxygen atoms in total. The van der Waals surface area contributed by atoms with E-state index < -0.39 is 0 Å². The Hall–Kier alpha value is -3.58. The van der Waals surface area contributed by atoms with Crippen LogP contribution in [-0.4, -0.2) is 30.3 Å². The molecule has 3 aromatic carbocycles. The molecule has 0 bridgehead atoms. The minimum atomic E-state index is -0.328. The summed E-state index contributed by atoms with van der Waals surface area (Å²) < 4.78 is 0. The Morgan fingerprint density at radius 3 is 2.42 bits per heavy atom. The van der Waals surface area contributed by atoms with Crippen LogP contribution in [0.2, 0.25) is 0 Å². The Morgan fingerprint density at radius 1 is 0.970 bits per heavy atom. The molecule has 1 aliphatic rings. The summed E-state index contributed by atoms with van der Waals surface area (Å²) in [5.74, 6) is -0.668. The SMILES string of the molecule is Cc1ccc(C(=O)NCC(=O)Nc2ccc3c(c2)Sc2ccccc2C(=O)N3C(C)C)cc1. The third-order valence-electron chi connectivity index (χ3n) is 5.30. The number of rotatable bonds is 5. The van der Waals surface area contributed by atoms with Gasteiger partial charge in [0.25, 0.3) is 11.8 Å². The van der Waals surface area contributed by atoms with Crippen LogP contribution in [0.1, 0.15) is 40.1 Å². The molecule has 4 rings (SSSR count). The van der Waals surface area contributed by atoms with Crippen molar-refractivity contribution in [2.24, 2.45) is 0 Å². The van der Waals surface area contributed by atoms with Crippen molar-refractivity contribution >= 4 is 40.9 Å². The number of amides is 3. The summed E-state index contributed by atoms with van der Waals surface area (Å²) in [5.41, 5.74) is 3.64. The summed E-state index contributed by atoms with van der Waals surface area (Å²) in [5, 5.41) is 5.48. The van der Waals surface area contributed by atoms with Crippen LogP contribution >= 0.6 is 11.8 Å². The monoisotopic (exact) mass is 459 g/mol. The standard InChI is InChI=1S/C26H25N3O3S/c1-16(2)29-21-13-12-19(14-23(21)33-22-7-5-4-6-20(22)26(29)32)28-24(30)15-27-25(31)18-10-8-17(3)9-11-18/h4-14,16H,15H2,1-3H3,(H,27,31)(H,28,30). The highest BCUT2D eigenvalue weighted by Crippen LogP contribution is 2.43. The van der Waals surface area contributed by atoms with Crippen molar-refractivity contribution in [1.29, 1.82) is 0 Å². The largest absolute Gasteiger partial charge is 0.343 e. The van der Waals surface area contributed by atoms with Gasteiger partial charge in [0.2, 0.25) is 5.91 Å². The Bertz CT molecular complexity index is 1220. The van der Waals surface area contributed by atoms with Gasteiger partial charge in [-0.25, -0.2) is 0 Å². The number of hydrogen-bond acceptors (Lipinski definition) is 4. The van der Waals surface area contributed by atoms with Crippen LogP contribution in [0.3, 0.4) is 0 Å². The lowest BCUT2D eigenvalue weighted by Crippen LogP contribution is -2.37. The molecule has 0 saturated carbocycles. The van der Waals surface area contributed by atoms with E-state index in [4.69, 9.17) is 0 Å². The summed E-state index contributed by atoms with van der Waals surface area (Å²) in [7, 11) is 0. The molecule has 0 aliphatic carbocycles. The van der Waals surface area contributed by atoms with Crippen molar-refractivity contribution in [2.45, 2.75) is 36.6 Å². The fourth-order valence-electron chi connectivity index (χ4n) is 3.65. The van der Waals surface area contributed by atoms with Gasteiger partial charge in [-0.05, 0) is 63.2 Å². The number of nitrogens with zero attached hydrogens (tertiary/aromatic N) is 1. The molecular weight excluding hydrogens is 434 g/mol. The van der Waals surface area contributed by atoms with E-state index in [2.05, 4.69) is 10.6 Å². The maximum absolute atomic E-state index is 13.2. The molecule has 0 aromatic heterocycles. The zero-order chi connectivity index (χ0) is 23.5. The van der Waals surface area contributed by atoms with E-state index in [1.54, 1.807) is 23.1 Å². The minimum Gasteiger partial charge on any atom is -0.343 e. The molecule has 3 aromatic rings. The number of aryl methyl sites for hydroxylation is 1. The van der Waals surface area contributed by atoms with Crippen LogP contribution in [0.15, 0.2) is 76.5 Å². The van der Waals surface area contributed by atoms with Crippen LogP contribution in [0.5, 0.6) is 0 Å². The summed E-state index contributed by atoms with van der Waals surface area (Å²) in [4.78, 5) is 41.4. The van der Waals surface area contributed by atoms with Crippen molar-refractivity contribution in [3.63, 3.8) is 0 Å². The van der Waals surface area contributed by atoms with Crippen molar-refractivity contribution < 1.29 is 14.4 Å². The average molecular weight is 460 g/mol. The third-order valence-corrected chi connectivity index (χ3v) is 6.42. The molecule has 0 saturated heterocycles. The highest BCUT2D eigenvalue weighted by Gasteiger charge is 2.29. The van der Waals surface area contributed by atoms with Gasteiger partial charge in [0.05, 0.1) is 17.8 Å². The van der Waals surface area contributed by atoms with Crippen molar-refractivity contribution in [3.05, 3.63) is 83.4 Å². The molecule has 0 radical (unpaired) electrons. The minimum absolute atomic E-state index is 0.0274. The number of benzene rings is 3. The van der Waals surface area contributed by atoms with Gasteiger partial charge in [0, 0.05) is 27.1 Å². The Morgan fingerprint density at radius 2 is 1.70 bits per heavy atom. The summed E-state index contributed by atoms with van der Waals surface area (Å²) >= 11 is 1.50. The number of fused-ring (bicyclic) bond motifs is 2. The fourth-order valence-corrected chi connectivity index (χ4v) is 4.75. The number of anilines is 2. The quantitative estimate of drug-likeness (QED) is 0.570. The highest BCUT2D eigenvalue weighted by molar-refractivity contribution is 7.99. The maximum Gasteiger partial charge on any atom is 0.259 e. The lowest BCUT2D eigenvalue weighted by atomic mass is 10.1. The summed E-state index contributed by atoms with van der Waals surface area (Å²) in [6.45, 7) is 5.76. The topological polar surface area (TPSA) is 78.5 Å². The van der Waals surface area contributed by atoms with E-state index in [-0.39, 0.29) is 30.3 Å². The number of carbonyl (C=O) groups is 3. The second kappa shape index (κ2) is 9.50. The number of hydrogen-bond donors (Lipinski definition) is 2. The van der Waals surface area contributed by atoms with Crippen LogP contribution < -0.4 is 15.5 Å². The molecule has 7 heteroatoms. The first-order valence-electron chi connectivity index (χ1n) is 10.7. The van der Waals surface area contributed by atoms with Crippen molar-refractivity contribution in [1.82, 2.24) is 5.32 Å². The summed E-state index contributed by atoms with van der Waals surface area (Å²) in [6, 6.07) is 20.2. The normalized spacial score (nSPS) is 12.6. The van der Waals surface area contributed by atoms with Crippen LogP contribution in [-0.2, 0) is 4.79 Å². The Balaban J connectivity index is 1.50. The average Bonchev–Trinajstić information content (AvgIpc) is 2.91. The first-order chi connectivity index (χ1) is 15.8. The van der Waals surface area contributed by atoms with E-state index in [0.717, 1.165) is 21.0 Å². The number of carbonyl (C=O) groups excluding carboxylic acids is 3. The predicted molar refractivity (Wildman–Crippen MR) is 131 cm³/mol. The first-order valence-corrected chi connectivity index (χ1v) is 11.5. The zero-order valence-electron chi connectivity index (χ0n) is 18.7. The molecule has 1 heterocycles. The highest BCUT2D eigenvalue weighted by atomic mass is 32.2. The van der Waals surface area contributed by atoms with Crippen LogP contribution in [0.4, 0.5) is 11.4 Å². The van der Waals surface area contributed by atoms with E-state index in [1.807, 2.05) is 69.3 Å². The Kier molecular flexibility index (Phi) is 6.51. The third kappa shape index (κ3) is 4.93. The van der Waals surface area contributed by atoms with Gasteiger partial charge < -0.3 is 15.5 Å². The molecule has 0 unspecified atom stereocenters. The number of nitrogens with one attached hydrogen (secondary N) is 2. The summed E-state index contributed by atoms with van der Waals surface area (Å²) in [6.07, 6.45) is 0. The second-order valence-electron chi connectivity index (χ2n) is 8.15. The van der Waals surface area contributed by atoms with Gasteiger partial charge in [-0.2, -0.15) is 0 Å². The molecule has 168 valence electrons. The van der Waals surface area contributed by atoms with Gasteiger partial charge in [0.1, 0.15) is 0 Å². The Labute approximate surface area is 197 Å². The molecule has 1 aliphatic heterocycles. The molecule has 3 amide bonds. The van der Waals surface area contributed by atoms with Gasteiger partial charge in [-0.1, -0.05) is 41.6 Å². The molecule has 33 heavy (non-hydrogen) atoms. The van der Waals surface area contributed by atoms with E-state index in [1.165, 1.54) is 11.8 Å². The molecular formula is C26H25N3O3S. The van der Waals surface area contributed by atoms with Gasteiger partial charge in [-0.15, -0.1) is 0 Å². The molecule has 0 atom stereocenters. The van der Waals surface area contributed by atoms with Gasteiger partial charge in [-0.3, -0.25) is 14.4 Å².